The Kier molecular flexibility index (Phi) is 5.62. The number of rotatable bonds is 7. The number of aryl methyl sites for hydroxylation is 1. The van der Waals surface area contributed by atoms with E-state index in [2.05, 4.69) is 6.92 Å². The molecule has 0 radical (unpaired) electrons. The highest BCUT2D eigenvalue weighted by Gasteiger charge is 2.17. The van der Waals surface area contributed by atoms with Crippen molar-refractivity contribution in [2.75, 3.05) is 24.7 Å². The SMILES string of the molecule is CCCCOCCS(=O)(=O)c1cc(N)ccc1C. The third-order valence-electron chi connectivity index (χ3n) is 2.69. The minimum Gasteiger partial charge on any atom is -0.399 e. The van der Waals surface area contributed by atoms with Crippen LogP contribution in [0.15, 0.2) is 23.1 Å². The van der Waals surface area contributed by atoms with E-state index < -0.39 is 9.84 Å². The van der Waals surface area contributed by atoms with E-state index in [4.69, 9.17) is 10.5 Å². The van der Waals surface area contributed by atoms with Gasteiger partial charge >= 0.3 is 0 Å². The number of benzene rings is 1. The van der Waals surface area contributed by atoms with Gasteiger partial charge in [-0.2, -0.15) is 0 Å². The third-order valence-corrected chi connectivity index (χ3v) is 4.50. The average Bonchev–Trinajstić information content (AvgIpc) is 2.32. The molecule has 0 bridgehead atoms. The Morgan fingerprint density at radius 3 is 2.67 bits per heavy atom. The largest absolute Gasteiger partial charge is 0.399 e. The number of nitrogens with two attached hydrogens (primary N) is 1. The van der Waals surface area contributed by atoms with E-state index in [1.165, 1.54) is 6.07 Å². The van der Waals surface area contributed by atoms with Gasteiger partial charge in [-0.25, -0.2) is 8.42 Å². The molecule has 0 heterocycles. The van der Waals surface area contributed by atoms with Crippen LogP contribution in [0, 0.1) is 6.92 Å². The summed E-state index contributed by atoms with van der Waals surface area (Å²) in [5, 5.41) is 0. The van der Waals surface area contributed by atoms with E-state index in [0.717, 1.165) is 18.4 Å². The Morgan fingerprint density at radius 1 is 1.28 bits per heavy atom. The molecule has 1 aromatic rings. The molecule has 1 aromatic carbocycles. The first kappa shape index (κ1) is 15.0. The van der Waals surface area contributed by atoms with Gasteiger partial charge in [0.05, 0.1) is 17.3 Å². The number of hydrogen-bond acceptors (Lipinski definition) is 4. The van der Waals surface area contributed by atoms with Gasteiger partial charge in [0.1, 0.15) is 0 Å². The van der Waals surface area contributed by atoms with Gasteiger partial charge in [0.2, 0.25) is 0 Å². The highest BCUT2D eigenvalue weighted by atomic mass is 32.2. The number of sulfone groups is 1. The van der Waals surface area contributed by atoms with Gasteiger partial charge in [-0.15, -0.1) is 0 Å². The summed E-state index contributed by atoms with van der Waals surface area (Å²) in [6, 6.07) is 4.93. The number of anilines is 1. The Hall–Kier alpha value is -1.07. The molecule has 0 aliphatic rings. The summed E-state index contributed by atoms with van der Waals surface area (Å²) in [4.78, 5) is 0.307. The van der Waals surface area contributed by atoms with Gasteiger partial charge < -0.3 is 10.5 Å². The molecular formula is C13H21NO3S. The normalized spacial score (nSPS) is 11.7. The minimum absolute atomic E-state index is 0.001000. The van der Waals surface area contributed by atoms with Crippen LogP contribution in [0.5, 0.6) is 0 Å². The van der Waals surface area contributed by atoms with Gasteiger partial charge in [0.15, 0.2) is 9.84 Å². The fraction of sp³-hybridized carbons (Fsp3) is 0.538. The van der Waals surface area contributed by atoms with Gasteiger partial charge in [0.25, 0.3) is 0 Å². The van der Waals surface area contributed by atoms with Crippen LogP contribution < -0.4 is 5.73 Å². The van der Waals surface area contributed by atoms with E-state index in [1.807, 2.05) is 0 Å². The number of ether oxygens (including phenoxy) is 1. The zero-order valence-corrected chi connectivity index (χ0v) is 11.8. The fourth-order valence-corrected chi connectivity index (χ4v) is 3.01. The summed E-state index contributed by atoms with van der Waals surface area (Å²) in [7, 11) is -3.31. The summed E-state index contributed by atoms with van der Waals surface area (Å²) in [6.45, 7) is 4.68. The molecule has 2 N–H and O–H groups in total. The zero-order valence-electron chi connectivity index (χ0n) is 11.0. The van der Waals surface area contributed by atoms with Crippen molar-refractivity contribution in [3.8, 4) is 0 Å². The standard InChI is InChI=1S/C13H21NO3S/c1-3-4-7-17-8-9-18(15,16)13-10-12(14)6-5-11(13)2/h5-6,10H,3-4,7-9,14H2,1-2H3. The lowest BCUT2D eigenvalue weighted by atomic mass is 10.2. The molecule has 4 nitrogen and oxygen atoms in total. The lowest BCUT2D eigenvalue weighted by molar-refractivity contribution is 0.146. The van der Waals surface area contributed by atoms with E-state index >= 15 is 0 Å². The zero-order chi connectivity index (χ0) is 13.6. The van der Waals surface area contributed by atoms with Crippen molar-refractivity contribution >= 4 is 15.5 Å². The second-order valence-corrected chi connectivity index (χ2v) is 6.39. The summed E-state index contributed by atoms with van der Waals surface area (Å²) in [5.41, 5.74) is 6.81. The first-order valence-corrected chi connectivity index (χ1v) is 7.79. The predicted molar refractivity (Wildman–Crippen MR) is 73.4 cm³/mol. The number of hydrogen-bond donors (Lipinski definition) is 1. The molecule has 0 unspecified atom stereocenters. The van der Waals surface area contributed by atoms with E-state index in [1.54, 1.807) is 19.1 Å². The number of nitrogen functional groups attached to an aromatic ring is 1. The minimum atomic E-state index is -3.31. The van der Waals surface area contributed by atoms with Gasteiger partial charge in [-0.3, -0.25) is 0 Å². The van der Waals surface area contributed by atoms with Crippen molar-refractivity contribution < 1.29 is 13.2 Å². The van der Waals surface area contributed by atoms with Crippen LogP contribution >= 0.6 is 0 Å². The highest BCUT2D eigenvalue weighted by Crippen LogP contribution is 2.19. The molecule has 0 amide bonds. The van der Waals surface area contributed by atoms with Crippen molar-refractivity contribution in [3.05, 3.63) is 23.8 Å². The van der Waals surface area contributed by atoms with Crippen LogP contribution in [0.4, 0.5) is 5.69 Å². The van der Waals surface area contributed by atoms with E-state index in [9.17, 15) is 8.42 Å². The topological polar surface area (TPSA) is 69.4 Å². The maximum Gasteiger partial charge on any atom is 0.180 e. The highest BCUT2D eigenvalue weighted by molar-refractivity contribution is 7.91. The molecular weight excluding hydrogens is 250 g/mol. The van der Waals surface area contributed by atoms with Crippen LogP contribution in [-0.2, 0) is 14.6 Å². The van der Waals surface area contributed by atoms with Crippen LogP contribution in [0.25, 0.3) is 0 Å². The van der Waals surface area contributed by atoms with Crippen molar-refractivity contribution in [3.63, 3.8) is 0 Å². The fourth-order valence-electron chi connectivity index (χ4n) is 1.58. The molecule has 0 fully saturated rings. The summed E-state index contributed by atoms with van der Waals surface area (Å²) in [5.74, 6) is 0.001000. The quantitative estimate of drug-likeness (QED) is 0.609. The summed E-state index contributed by atoms with van der Waals surface area (Å²) in [6.07, 6.45) is 2.00. The van der Waals surface area contributed by atoms with Crippen LogP contribution in [-0.4, -0.2) is 27.4 Å². The van der Waals surface area contributed by atoms with Gasteiger partial charge in [-0.05, 0) is 31.0 Å². The lowest BCUT2D eigenvalue weighted by Gasteiger charge is -2.09. The second kappa shape index (κ2) is 6.75. The second-order valence-electron chi connectivity index (χ2n) is 4.31. The van der Waals surface area contributed by atoms with Crippen LogP contribution in [0.3, 0.4) is 0 Å². The van der Waals surface area contributed by atoms with Crippen molar-refractivity contribution in [1.29, 1.82) is 0 Å². The summed E-state index contributed by atoms with van der Waals surface area (Å²) < 4.78 is 29.5. The van der Waals surface area contributed by atoms with Crippen molar-refractivity contribution in [2.45, 2.75) is 31.6 Å². The van der Waals surface area contributed by atoms with E-state index in [-0.39, 0.29) is 12.4 Å². The molecule has 0 aliphatic heterocycles. The third kappa shape index (κ3) is 4.31. The Bertz CT molecular complexity index is 483. The maximum atomic E-state index is 12.1. The molecule has 0 saturated carbocycles. The predicted octanol–water partition coefficient (Wildman–Crippen LogP) is 2.17. The van der Waals surface area contributed by atoms with Crippen molar-refractivity contribution in [2.24, 2.45) is 0 Å². The first-order chi connectivity index (χ1) is 8.47. The van der Waals surface area contributed by atoms with E-state index in [0.29, 0.717) is 17.2 Å². The van der Waals surface area contributed by atoms with Crippen LogP contribution in [0.1, 0.15) is 25.3 Å². The molecule has 0 spiro atoms. The Labute approximate surface area is 109 Å². The Balaban J connectivity index is 2.66. The monoisotopic (exact) mass is 271 g/mol. The van der Waals surface area contributed by atoms with Gasteiger partial charge in [-0.1, -0.05) is 19.4 Å². The van der Waals surface area contributed by atoms with Crippen molar-refractivity contribution in [1.82, 2.24) is 0 Å². The first-order valence-electron chi connectivity index (χ1n) is 6.14. The molecule has 0 saturated heterocycles. The molecule has 1 rings (SSSR count). The lowest BCUT2D eigenvalue weighted by Crippen LogP contribution is -2.14. The maximum absolute atomic E-state index is 12.1. The molecule has 0 aromatic heterocycles. The smallest absolute Gasteiger partial charge is 0.180 e. The molecule has 18 heavy (non-hydrogen) atoms. The average molecular weight is 271 g/mol. The molecule has 0 atom stereocenters. The molecule has 5 heteroatoms. The Morgan fingerprint density at radius 2 is 2.00 bits per heavy atom. The molecule has 0 aliphatic carbocycles. The van der Waals surface area contributed by atoms with Gasteiger partial charge in [0, 0.05) is 12.3 Å². The number of unbranched alkanes of at least 4 members (excludes halogenated alkanes) is 1. The summed E-state index contributed by atoms with van der Waals surface area (Å²) >= 11 is 0. The molecule has 102 valence electrons. The van der Waals surface area contributed by atoms with Crippen LogP contribution in [0.2, 0.25) is 0 Å².